The van der Waals surface area contributed by atoms with E-state index in [0.29, 0.717) is 42.3 Å². The highest BCUT2D eigenvalue weighted by Crippen LogP contribution is 2.28. The zero-order valence-corrected chi connectivity index (χ0v) is 16.4. The summed E-state index contributed by atoms with van der Waals surface area (Å²) in [7, 11) is 0. The van der Waals surface area contributed by atoms with Crippen LogP contribution in [0.2, 0.25) is 0 Å². The summed E-state index contributed by atoms with van der Waals surface area (Å²) < 4.78 is 13.7. The summed E-state index contributed by atoms with van der Waals surface area (Å²) in [5, 5.41) is 3.36. The van der Waals surface area contributed by atoms with Gasteiger partial charge in [0.25, 0.3) is 5.91 Å². The second-order valence-electron chi connectivity index (χ2n) is 7.34. The van der Waals surface area contributed by atoms with E-state index in [1.165, 1.54) is 12.1 Å². The number of nitrogens with one attached hydrogen (secondary N) is 1. The molecule has 1 aliphatic rings. The van der Waals surface area contributed by atoms with Crippen LogP contribution in [-0.2, 0) is 13.0 Å². The number of rotatable bonds is 4. The molecule has 1 amide bonds. The maximum absolute atomic E-state index is 13.7. The maximum atomic E-state index is 13.7. The molecule has 6 nitrogen and oxygen atoms in total. The Morgan fingerprint density at radius 3 is 2.69 bits per heavy atom. The third-order valence-electron chi connectivity index (χ3n) is 4.78. The second kappa shape index (κ2) is 7.95. The van der Waals surface area contributed by atoms with Crippen molar-refractivity contribution in [3.05, 3.63) is 71.4 Å². The van der Waals surface area contributed by atoms with Crippen molar-refractivity contribution in [3.8, 4) is 11.4 Å². The quantitative estimate of drug-likeness (QED) is 0.734. The summed E-state index contributed by atoms with van der Waals surface area (Å²) >= 11 is 0. The van der Waals surface area contributed by atoms with Crippen LogP contribution in [0, 0.1) is 5.82 Å². The van der Waals surface area contributed by atoms with E-state index in [0.717, 1.165) is 11.3 Å². The van der Waals surface area contributed by atoms with Gasteiger partial charge < -0.3 is 10.2 Å². The molecule has 29 heavy (non-hydrogen) atoms. The van der Waals surface area contributed by atoms with E-state index < -0.39 is 0 Å². The van der Waals surface area contributed by atoms with Gasteiger partial charge in [-0.2, -0.15) is 0 Å². The molecule has 1 aromatic carbocycles. The molecule has 0 spiro atoms. The predicted octanol–water partition coefficient (Wildman–Crippen LogP) is 3.70. The zero-order valence-electron chi connectivity index (χ0n) is 16.4. The molecule has 4 rings (SSSR count). The third kappa shape index (κ3) is 4.08. The first kappa shape index (κ1) is 19.0. The Bertz CT molecular complexity index is 1040. The van der Waals surface area contributed by atoms with Crippen LogP contribution < -0.4 is 5.32 Å². The minimum Gasteiger partial charge on any atom is -0.367 e. The smallest absolute Gasteiger partial charge is 0.254 e. The average molecular weight is 391 g/mol. The molecule has 2 aromatic heterocycles. The predicted molar refractivity (Wildman–Crippen MR) is 109 cm³/mol. The summed E-state index contributed by atoms with van der Waals surface area (Å²) in [6.07, 6.45) is 3.85. The molecule has 0 aliphatic carbocycles. The fourth-order valence-corrected chi connectivity index (χ4v) is 3.41. The van der Waals surface area contributed by atoms with Crippen molar-refractivity contribution >= 4 is 11.7 Å². The minimum atomic E-state index is -0.323. The van der Waals surface area contributed by atoms with Crippen molar-refractivity contribution in [3.63, 3.8) is 0 Å². The molecule has 1 aliphatic heterocycles. The Morgan fingerprint density at radius 1 is 1.17 bits per heavy atom. The summed E-state index contributed by atoms with van der Waals surface area (Å²) in [5.41, 5.74) is 3.04. The van der Waals surface area contributed by atoms with E-state index in [-0.39, 0.29) is 17.8 Å². The van der Waals surface area contributed by atoms with Gasteiger partial charge in [-0.15, -0.1) is 0 Å². The molecule has 3 aromatic rings. The first-order valence-electron chi connectivity index (χ1n) is 9.63. The van der Waals surface area contributed by atoms with Gasteiger partial charge in [0, 0.05) is 48.1 Å². The number of benzene rings is 1. The van der Waals surface area contributed by atoms with E-state index >= 15 is 0 Å². The van der Waals surface area contributed by atoms with Crippen molar-refractivity contribution in [2.45, 2.75) is 32.9 Å². The normalized spacial score (nSPS) is 13.3. The lowest BCUT2D eigenvalue weighted by molar-refractivity contribution is 0.0733. The minimum absolute atomic E-state index is 0.0391. The molecule has 7 heteroatoms. The Kier molecular flexibility index (Phi) is 5.20. The fourth-order valence-electron chi connectivity index (χ4n) is 3.41. The Labute approximate surface area is 168 Å². The number of hydrogen-bond acceptors (Lipinski definition) is 5. The fraction of sp³-hybridized carbons (Fsp3) is 0.273. The molecule has 0 saturated heterocycles. The number of aromatic nitrogens is 3. The van der Waals surface area contributed by atoms with E-state index in [4.69, 9.17) is 4.98 Å². The van der Waals surface area contributed by atoms with E-state index in [1.54, 1.807) is 41.6 Å². The van der Waals surface area contributed by atoms with E-state index in [1.807, 2.05) is 13.8 Å². The molecular formula is C22H22FN5O. The van der Waals surface area contributed by atoms with Gasteiger partial charge in [-0.3, -0.25) is 9.78 Å². The van der Waals surface area contributed by atoms with Crippen molar-refractivity contribution < 1.29 is 9.18 Å². The van der Waals surface area contributed by atoms with Crippen molar-refractivity contribution in [1.82, 2.24) is 19.9 Å². The van der Waals surface area contributed by atoms with Gasteiger partial charge in [-0.25, -0.2) is 14.4 Å². The zero-order chi connectivity index (χ0) is 20.4. The van der Waals surface area contributed by atoms with E-state index in [2.05, 4.69) is 15.3 Å². The molecule has 0 saturated carbocycles. The second-order valence-corrected chi connectivity index (χ2v) is 7.34. The van der Waals surface area contributed by atoms with Crippen LogP contribution in [-0.4, -0.2) is 38.3 Å². The van der Waals surface area contributed by atoms with Gasteiger partial charge >= 0.3 is 0 Å². The number of amides is 1. The van der Waals surface area contributed by atoms with Gasteiger partial charge in [0.15, 0.2) is 5.82 Å². The van der Waals surface area contributed by atoms with Crippen molar-refractivity contribution in [2.75, 3.05) is 11.9 Å². The van der Waals surface area contributed by atoms with Crippen LogP contribution >= 0.6 is 0 Å². The van der Waals surface area contributed by atoms with Gasteiger partial charge in [0.05, 0.1) is 12.2 Å². The van der Waals surface area contributed by atoms with Crippen LogP contribution in [0.25, 0.3) is 11.4 Å². The lowest BCUT2D eigenvalue weighted by atomic mass is 10.0. The highest BCUT2D eigenvalue weighted by atomic mass is 19.1. The monoisotopic (exact) mass is 391 g/mol. The average Bonchev–Trinajstić information content (AvgIpc) is 2.73. The number of carbonyl (C=O) groups is 1. The highest BCUT2D eigenvalue weighted by Gasteiger charge is 2.26. The van der Waals surface area contributed by atoms with Gasteiger partial charge in [0.2, 0.25) is 0 Å². The topological polar surface area (TPSA) is 71.0 Å². The Hall–Kier alpha value is -3.35. The van der Waals surface area contributed by atoms with Crippen LogP contribution in [0.15, 0.2) is 48.8 Å². The molecule has 0 unspecified atom stereocenters. The van der Waals surface area contributed by atoms with Crippen LogP contribution in [0.1, 0.15) is 35.5 Å². The summed E-state index contributed by atoms with van der Waals surface area (Å²) in [6, 6.07) is 9.87. The number of anilines is 1. The van der Waals surface area contributed by atoms with Gasteiger partial charge in [0.1, 0.15) is 11.6 Å². The first-order valence-corrected chi connectivity index (χ1v) is 9.63. The largest absolute Gasteiger partial charge is 0.367 e. The maximum Gasteiger partial charge on any atom is 0.254 e. The van der Waals surface area contributed by atoms with Crippen LogP contribution in [0.5, 0.6) is 0 Å². The number of halogens is 1. The summed E-state index contributed by atoms with van der Waals surface area (Å²) in [6.45, 7) is 5.04. The number of carbonyl (C=O) groups excluding carboxylic acids is 1. The number of pyridine rings is 1. The summed E-state index contributed by atoms with van der Waals surface area (Å²) in [4.78, 5) is 28.0. The van der Waals surface area contributed by atoms with Gasteiger partial charge in [-0.05, 0) is 38.1 Å². The molecule has 0 atom stereocenters. The van der Waals surface area contributed by atoms with Crippen LogP contribution in [0.3, 0.4) is 0 Å². The molecule has 0 fully saturated rings. The number of fused-ring (bicyclic) bond motifs is 1. The standard InChI is InChI=1S/C22H22FN5O/c1-14(2)25-21-18-13-28(22(29)15-6-9-24-10-7-15)11-8-19(18)26-20(27-21)16-4-3-5-17(23)12-16/h3-7,9-10,12,14H,8,11,13H2,1-2H3,(H,25,26,27). The lowest BCUT2D eigenvalue weighted by Crippen LogP contribution is -2.37. The molecule has 148 valence electrons. The number of nitrogens with zero attached hydrogens (tertiary/aromatic N) is 4. The Balaban J connectivity index is 1.70. The molecule has 0 radical (unpaired) electrons. The summed E-state index contributed by atoms with van der Waals surface area (Å²) in [5.74, 6) is 0.816. The van der Waals surface area contributed by atoms with Crippen molar-refractivity contribution in [2.24, 2.45) is 0 Å². The third-order valence-corrected chi connectivity index (χ3v) is 4.78. The SMILES string of the molecule is CC(C)Nc1nc(-c2cccc(F)c2)nc2c1CN(C(=O)c1ccncc1)CC2. The highest BCUT2D eigenvalue weighted by molar-refractivity contribution is 5.94. The molecular weight excluding hydrogens is 369 g/mol. The molecule has 1 N–H and O–H groups in total. The molecule has 3 heterocycles. The lowest BCUT2D eigenvalue weighted by Gasteiger charge is -2.30. The van der Waals surface area contributed by atoms with Crippen molar-refractivity contribution in [1.29, 1.82) is 0 Å². The molecule has 0 bridgehead atoms. The van der Waals surface area contributed by atoms with Gasteiger partial charge in [-0.1, -0.05) is 12.1 Å². The Morgan fingerprint density at radius 2 is 1.97 bits per heavy atom. The number of hydrogen-bond donors (Lipinski definition) is 1. The van der Waals surface area contributed by atoms with E-state index in [9.17, 15) is 9.18 Å². The first-order chi connectivity index (χ1) is 14.0. The van der Waals surface area contributed by atoms with Crippen LogP contribution in [0.4, 0.5) is 10.2 Å².